The second-order valence-electron chi connectivity index (χ2n) is 8.01. The summed E-state index contributed by atoms with van der Waals surface area (Å²) in [6.45, 7) is 0.672. The van der Waals surface area contributed by atoms with Crippen molar-refractivity contribution in [2.24, 2.45) is 0 Å². The van der Waals surface area contributed by atoms with Crippen LogP contribution in [-0.4, -0.2) is 19.5 Å². The Labute approximate surface area is 214 Å². The number of hydrogen-bond donors (Lipinski definition) is 1. The van der Waals surface area contributed by atoms with Crippen LogP contribution < -0.4 is 5.73 Å². The molecular weight excluding hydrogens is 526 g/mol. The fourth-order valence-electron chi connectivity index (χ4n) is 4.18. The predicted molar refractivity (Wildman–Crippen MR) is 140 cm³/mol. The zero-order chi connectivity index (χ0) is 23.8. The van der Waals surface area contributed by atoms with Crippen molar-refractivity contribution in [2.45, 2.75) is 24.4 Å². The van der Waals surface area contributed by atoms with Gasteiger partial charge in [-0.05, 0) is 40.6 Å². The first kappa shape index (κ1) is 21.9. The number of nitrogens with two attached hydrogens (primary N) is 1. The summed E-state index contributed by atoms with van der Waals surface area (Å²) in [5.41, 5.74) is 9.58. The maximum absolute atomic E-state index is 6.13. The number of aryl methyl sites for hydroxylation is 2. The molecule has 6 rings (SSSR count). The maximum atomic E-state index is 6.13. The molecule has 0 fully saturated rings. The lowest BCUT2D eigenvalue weighted by atomic mass is 10.0. The molecule has 0 aliphatic carbocycles. The van der Waals surface area contributed by atoms with Gasteiger partial charge in [-0.3, -0.25) is 0 Å². The minimum absolute atomic E-state index is 0.351. The predicted octanol–water partition coefficient (Wildman–Crippen LogP) is 6.20. The molecule has 0 amide bonds. The number of aromatic nitrogens is 4. The summed E-state index contributed by atoms with van der Waals surface area (Å²) in [4.78, 5) is 13.4. The molecule has 1 aliphatic heterocycles. The van der Waals surface area contributed by atoms with Crippen LogP contribution in [0.3, 0.4) is 0 Å². The first-order valence-corrected chi connectivity index (χ1v) is 12.7. The van der Waals surface area contributed by atoms with Crippen LogP contribution in [0.15, 0.2) is 94.0 Å². The standard InChI is InChI=1S/C26H20BrN5O2S/c27-20-11-4-3-10-19(20)25-33-14-21(34-25)35-26-31-22-23(28)29-15-30-24(22)32(26)13-12-17-8-5-7-16-6-1-2-9-18(16)17/h1-11,14-15,25H,12-13H2,(H2,28,29,30). The smallest absolute Gasteiger partial charge is 0.268 e. The van der Waals surface area contributed by atoms with Gasteiger partial charge in [0, 0.05) is 16.6 Å². The number of nitrogen functional groups attached to an aromatic ring is 1. The highest BCUT2D eigenvalue weighted by molar-refractivity contribution is 9.10. The van der Waals surface area contributed by atoms with Gasteiger partial charge in [0.1, 0.15) is 12.6 Å². The van der Waals surface area contributed by atoms with Crippen LogP contribution in [0.5, 0.6) is 0 Å². The monoisotopic (exact) mass is 545 g/mol. The van der Waals surface area contributed by atoms with E-state index in [9.17, 15) is 0 Å². The average Bonchev–Trinajstić information content (AvgIpc) is 3.48. The minimum Gasteiger partial charge on any atom is -0.454 e. The zero-order valence-electron chi connectivity index (χ0n) is 18.5. The number of rotatable bonds is 6. The van der Waals surface area contributed by atoms with Crippen LogP contribution in [0.25, 0.3) is 21.9 Å². The number of fused-ring (bicyclic) bond motifs is 2. The van der Waals surface area contributed by atoms with E-state index in [2.05, 4.69) is 72.9 Å². The molecule has 35 heavy (non-hydrogen) atoms. The van der Waals surface area contributed by atoms with Crippen LogP contribution >= 0.6 is 27.7 Å². The quantitative estimate of drug-likeness (QED) is 0.271. The number of nitrogens with zero attached hydrogens (tertiary/aromatic N) is 4. The van der Waals surface area contributed by atoms with E-state index in [1.54, 1.807) is 6.26 Å². The molecule has 0 bridgehead atoms. The Kier molecular flexibility index (Phi) is 5.79. The average molecular weight is 546 g/mol. The Morgan fingerprint density at radius 3 is 2.74 bits per heavy atom. The molecular formula is C26H20BrN5O2S. The molecule has 2 N–H and O–H groups in total. The maximum Gasteiger partial charge on any atom is 0.268 e. The van der Waals surface area contributed by atoms with Gasteiger partial charge in [0.2, 0.25) is 5.09 Å². The van der Waals surface area contributed by atoms with Gasteiger partial charge in [-0.25, -0.2) is 15.0 Å². The molecule has 2 aromatic heterocycles. The number of imidazole rings is 1. The van der Waals surface area contributed by atoms with Crippen molar-refractivity contribution in [3.05, 3.63) is 100 Å². The van der Waals surface area contributed by atoms with Crippen LogP contribution in [0.4, 0.5) is 5.82 Å². The van der Waals surface area contributed by atoms with Crippen LogP contribution in [-0.2, 0) is 22.4 Å². The molecule has 1 atom stereocenters. The number of ether oxygens (including phenoxy) is 2. The molecule has 0 radical (unpaired) electrons. The SMILES string of the molecule is Nc1ncnc2c1nc(SC1=COC(c3ccccc3Br)O1)n2CCc1cccc2ccccc12. The van der Waals surface area contributed by atoms with Crippen molar-refractivity contribution in [1.29, 1.82) is 0 Å². The number of thioether (sulfide) groups is 1. The molecule has 0 saturated carbocycles. The fourth-order valence-corrected chi connectivity index (χ4v) is 5.49. The van der Waals surface area contributed by atoms with E-state index in [4.69, 9.17) is 20.2 Å². The summed E-state index contributed by atoms with van der Waals surface area (Å²) in [5, 5.41) is 3.80. The molecule has 174 valence electrons. The largest absolute Gasteiger partial charge is 0.454 e. The third-order valence-corrected chi connectivity index (χ3v) is 7.48. The number of hydrogen-bond acceptors (Lipinski definition) is 7. The second-order valence-corrected chi connectivity index (χ2v) is 9.84. The van der Waals surface area contributed by atoms with Gasteiger partial charge in [-0.15, -0.1) is 0 Å². The Morgan fingerprint density at radius 2 is 1.83 bits per heavy atom. The summed E-state index contributed by atoms with van der Waals surface area (Å²) >= 11 is 4.94. The lowest BCUT2D eigenvalue weighted by Gasteiger charge is -2.13. The Morgan fingerprint density at radius 1 is 1.00 bits per heavy atom. The topological polar surface area (TPSA) is 88.1 Å². The van der Waals surface area contributed by atoms with Crippen LogP contribution in [0, 0.1) is 0 Å². The Hall–Kier alpha value is -3.56. The lowest BCUT2D eigenvalue weighted by Crippen LogP contribution is -2.05. The van der Waals surface area contributed by atoms with Crippen LogP contribution in [0.1, 0.15) is 17.4 Å². The van der Waals surface area contributed by atoms with Crippen molar-refractivity contribution in [2.75, 3.05) is 5.73 Å². The minimum atomic E-state index is -0.522. The molecule has 3 aromatic carbocycles. The highest BCUT2D eigenvalue weighted by Gasteiger charge is 2.26. The van der Waals surface area contributed by atoms with E-state index >= 15 is 0 Å². The molecule has 1 aliphatic rings. The summed E-state index contributed by atoms with van der Waals surface area (Å²) < 4.78 is 14.9. The van der Waals surface area contributed by atoms with Gasteiger partial charge in [-0.1, -0.05) is 76.6 Å². The number of halogens is 1. The van der Waals surface area contributed by atoms with Gasteiger partial charge < -0.3 is 19.8 Å². The second kappa shape index (κ2) is 9.24. The van der Waals surface area contributed by atoms with Crippen LogP contribution in [0.2, 0.25) is 0 Å². The summed E-state index contributed by atoms with van der Waals surface area (Å²) in [6.07, 6.45) is 3.38. The third kappa shape index (κ3) is 4.21. The number of anilines is 1. The van der Waals surface area contributed by atoms with Crippen molar-refractivity contribution in [1.82, 2.24) is 19.5 Å². The van der Waals surface area contributed by atoms with Gasteiger partial charge >= 0.3 is 0 Å². The van der Waals surface area contributed by atoms with E-state index < -0.39 is 6.29 Å². The van der Waals surface area contributed by atoms with Gasteiger partial charge in [-0.2, -0.15) is 0 Å². The molecule has 1 unspecified atom stereocenters. The molecule has 0 saturated heterocycles. The highest BCUT2D eigenvalue weighted by Crippen LogP contribution is 2.40. The normalized spacial score (nSPS) is 15.2. The first-order valence-electron chi connectivity index (χ1n) is 11.1. The van der Waals surface area contributed by atoms with Crippen molar-refractivity contribution in [3.63, 3.8) is 0 Å². The Bertz CT molecular complexity index is 1580. The van der Waals surface area contributed by atoms with Crippen molar-refractivity contribution in [3.8, 4) is 0 Å². The highest BCUT2D eigenvalue weighted by atomic mass is 79.9. The van der Waals surface area contributed by atoms with E-state index in [1.807, 2.05) is 24.3 Å². The summed E-state index contributed by atoms with van der Waals surface area (Å²) in [5.74, 6) is 0.351. The van der Waals surface area contributed by atoms with E-state index in [0.717, 1.165) is 21.6 Å². The number of benzene rings is 3. The summed E-state index contributed by atoms with van der Waals surface area (Å²) in [7, 11) is 0. The zero-order valence-corrected chi connectivity index (χ0v) is 20.9. The molecule has 7 nitrogen and oxygen atoms in total. The van der Waals surface area contributed by atoms with Crippen molar-refractivity contribution < 1.29 is 9.47 Å². The lowest BCUT2D eigenvalue weighted by molar-refractivity contribution is -0.0278. The molecule has 5 aromatic rings. The fraction of sp³-hybridized carbons (Fsp3) is 0.115. The van der Waals surface area contributed by atoms with Gasteiger partial charge in [0.05, 0.1) is 0 Å². The summed E-state index contributed by atoms with van der Waals surface area (Å²) in [6, 6.07) is 22.6. The van der Waals surface area contributed by atoms with Gasteiger partial charge in [0.15, 0.2) is 22.1 Å². The first-order chi connectivity index (χ1) is 17.2. The van der Waals surface area contributed by atoms with E-state index in [0.29, 0.717) is 28.6 Å². The molecule has 9 heteroatoms. The van der Waals surface area contributed by atoms with Crippen molar-refractivity contribution >= 4 is 55.4 Å². The molecule has 3 heterocycles. The van der Waals surface area contributed by atoms with E-state index in [1.165, 1.54) is 34.4 Å². The molecule has 0 spiro atoms. The third-order valence-electron chi connectivity index (χ3n) is 5.87. The Balaban J connectivity index is 1.29. The van der Waals surface area contributed by atoms with E-state index in [-0.39, 0.29) is 0 Å². The van der Waals surface area contributed by atoms with Gasteiger partial charge in [0.25, 0.3) is 6.29 Å².